The minimum absolute atomic E-state index is 0.0448. The van der Waals surface area contributed by atoms with Crippen LogP contribution < -0.4 is 5.32 Å². The Kier molecular flexibility index (Phi) is 5.20. The fourth-order valence-corrected chi connectivity index (χ4v) is 3.59. The van der Waals surface area contributed by atoms with Gasteiger partial charge < -0.3 is 19.5 Å². The number of thiophene rings is 1. The molecule has 0 unspecified atom stereocenters. The number of aryl methyl sites for hydroxylation is 1. The predicted octanol–water partition coefficient (Wildman–Crippen LogP) is 2.18. The third kappa shape index (κ3) is 3.79. The van der Waals surface area contributed by atoms with Crippen LogP contribution in [0.4, 0.5) is 0 Å². The number of carbonyl (C=O) groups is 1. The zero-order valence-corrected chi connectivity index (χ0v) is 14.8. The van der Waals surface area contributed by atoms with Gasteiger partial charge in [0.1, 0.15) is 0 Å². The smallest absolute Gasteiger partial charge is 0.289 e. The SMILES string of the molecule is CN=C(NCc1ccc(C)s1)N1CCN(C(=O)c2ccco2)CC1. The highest BCUT2D eigenvalue weighted by Crippen LogP contribution is 2.15. The molecule has 2 aromatic rings. The van der Waals surface area contributed by atoms with E-state index in [1.165, 1.54) is 16.0 Å². The Labute approximate surface area is 145 Å². The molecule has 1 aliphatic rings. The third-order valence-electron chi connectivity index (χ3n) is 4.03. The average molecular weight is 346 g/mol. The number of carbonyl (C=O) groups excluding carboxylic acids is 1. The molecule has 3 heterocycles. The van der Waals surface area contributed by atoms with Crippen molar-refractivity contribution in [1.82, 2.24) is 15.1 Å². The van der Waals surface area contributed by atoms with Crippen LogP contribution in [0.3, 0.4) is 0 Å². The first-order chi connectivity index (χ1) is 11.7. The number of amides is 1. The fraction of sp³-hybridized carbons (Fsp3) is 0.412. The van der Waals surface area contributed by atoms with E-state index in [1.807, 2.05) is 4.90 Å². The van der Waals surface area contributed by atoms with Crippen LogP contribution in [0.25, 0.3) is 0 Å². The summed E-state index contributed by atoms with van der Waals surface area (Å²) >= 11 is 1.79. The highest BCUT2D eigenvalue weighted by molar-refractivity contribution is 7.11. The number of piperazine rings is 1. The molecule has 24 heavy (non-hydrogen) atoms. The minimum Gasteiger partial charge on any atom is -0.459 e. The molecular weight excluding hydrogens is 324 g/mol. The maximum atomic E-state index is 12.3. The summed E-state index contributed by atoms with van der Waals surface area (Å²) in [7, 11) is 1.79. The molecule has 7 heteroatoms. The molecule has 6 nitrogen and oxygen atoms in total. The molecule has 0 bridgehead atoms. The Bertz CT molecular complexity index is 700. The van der Waals surface area contributed by atoms with E-state index >= 15 is 0 Å². The van der Waals surface area contributed by atoms with E-state index in [-0.39, 0.29) is 5.91 Å². The summed E-state index contributed by atoms with van der Waals surface area (Å²) in [5.41, 5.74) is 0. The van der Waals surface area contributed by atoms with Crippen LogP contribution in [0.1, 0.15) is 20.3 Å². The Morgan fingerprint density at radius 3 is 2.58 bits per heavy atom. The first kappa shape index (κ1) is 16.6. The van der Waals surface area contributed by atoms with Crippen molar-refractivity contribution in [2.45, 2.75) is 13.5 Å². The molecule has 0 aromatic carbocycles. The Balaban J connectivity index is 1.52. The summed E-state index contributed by atoms with van der Waals surface area (Å²) in [6, 6.07) is 7.71. The van der Waals surface area contributed by atoms with Gasteiger partial charge >= 0.3 is 0 Å². The first-order valence-electron chi connectivity index (χ1n) is 8.01. The zero-order valence-electron chi connectivity index (χ0n) is 14.0. The maximum Gasteiger partial charge on any atom is 0.289 e. The number of guanidine groups is 1. The van der Waals surface area contributed by atoms with E-state index < -0.39 is 0 Å². The molecule has 0 saturated carbocycles. The number of nitrogens with one attached hydrogen (secondary N) is 1. The molecule has 1 N–H and O–H groups in total. The van der Waals surface area contributed by atoms with Crippen molar-refractivity contribution in [1.29, 1.82) is 0 Å². The first-order valence-corrected chi connectivity index (χ1v) is 8.82. The highest BCUT2D eigenvalue weighted by atomic mass is 32.1. The number of hydrogen-bond donors (Lipinski definition) is 1. The van der Waals surface area contributed by atoms with Gasteiger partial charge in [-0.2, -0.15) is 0 Å². The van der Waals surface area contributed by atoms with Crippen molar-refractivity contribution >= 4 is 23.2 Å². The number of rotatable bonds is 3. The summed E-state index contributed by atoms with van der Waals surface area (Å²) in [6.45, 7) is 5.73. The zero-order chi connectivity index (χ0) is 16.9. The van der Waals surface area contributed by atoms with E-state index in [1.54, 1.807) is 30.5 Å². The van der Waals surface area contributed by atoms with Crippen LogP contribution in [-0.2, 0) is 6.54 Å². The number of nitrogens with zero attached hydrogens (tertiary/aromatic N) is 3. The summed E-state index contributed by atoms with van der Waals surface area (Å²) in [6.07, 6.45) is 1.53. The topological polar surface area (TPSA) is 61.1 Å². The molecule has 1 fully saturated rings. The van der Waals surface area contributed by atoms with Gasteiger partial charge in [0.2, 0.25) is 0 Å². The molecule has 1 aliphatic heterocycles. The second-order valence-corrected chi connectivity index (χ2v) is 7.04. The van der Waals surface area contributed by atoms with Crippen LogP contribution in [0.15, 0.2) is 39.9 Å². The van der Waals surface area contributed by atoms with E-state index in [0.29, 0.717) is 18.8 Å². The highest BCUT2D eigenvalue weighted by Gasteiger charge is 2.25. The van der Waals surface area contributed by atoms with Crippen LogP contribution in [0, 0.1) is 6.92 Å². The molecule has 0 radical (unpaired) electrons. The summed E-state index contributed by atoms with van der Waals surface area (Å²) < 4.78 is 5.19. The van der Waals surface area contributed by atoms with Gasteiger partial charge in [-0.05, 0) is 31.2 Å². The van der Waals surface area contributed by atoms with Crippen molar-refractivity contribution in [3.05, 3.63) is 46.0 Å². The lowest BCUT2D eigenvalue weighted by Crippen LogP contribution is -2.53. The van der Waals surface area contributed by atoms with Crippen LogP contribution in [0.5, 0.6) is 0 Å². The molecule has 128 valence electrons. The van der Waals surface area contributed by atoms with Crippen LogP contribution >= 0.6 is 11.3 Å². The molecule has 2 aromatic heterocycles. The second-order valence-electron chi connectivity index (χ2n) is 5.67. The third-order valence-corrected chi connectivity index (χ3v) is 5.03. The number of aliphatic imine (C=N–C) groups is 1. The summed E-state index contributed by atoms with van der Waals surface area (Å²) in [5, 5.41) is 3.40. The van der Waals surface area contributed by atoms with Crippen LogP contribution in [-0.4, -0.2) is 54.9 Å². The summed E-state index contributed by atoms with van der Waals surface area (Å²) in [5.74, 6) is 1.24. The Morgan fingerprint density at radius 2 is 2.00 bits per heavy atom. The lowest BCUT2D eigenvalue weighted by atomic mass is 10.3. The molecule has 3 rings (SSSR count). The van der Waals surface area contributed by atoms with E-state index in [2.05, 4.69) is 34.3 Å². The minimum atomic E-state index is -0.0448. The average Bonchev–Trinajstić information content (AvgIpc) is 3.27. The Morgan fingerprint density at radius 1 is 1.25 bits per heavy atom. The van der Waals surface area contributed by atoms with Gasteiger partial charge in [-0.3, -0.25) is 9.79 Å². The lowest BCUT2D eigenvalue weighted by Gasteiger charge is -2.36. The van der Waals surface area contributed by atoms with Crippen molar-refractivity contribution in [3.63, 3.8) is 0 Å². The monoisotopic (exact) mass is 346 g/mol. The van der Waals surface area contributed by atoms with Crippen molar-refractivity contribution in [3.8, 4) is 0 Å². The van der Waals surface area contributed by atoms with E-state index in [9.17, 15) is 4.79 Å². The fourth-order valence-electron chi connectivity index (χ4n) is 2.76. The maximum absolute atomic E-state index is 12.3. The van der Waals surface area contributed by atoms with E-state index in [0.717, 1.165) is 25.6 Å². The lowest BCUT2D eigenvalue weighted by molar-refractivity contribution is 0.0657. The van der Waals surface area contributed by atoms with Crippen LogP contribution in [0.2, 0.25) is 0 Å². The normalized spacial score (nSPS) is 15.7. The molecule has 0 aliphatic carbocycles. The molecular formula is C17H22N4O2S. The Hall–Kier alpha value is -2.28. The van der Waals surface area contributed by atoms with Crippen molar-refractivity contribution < 1.29 is 9.21 Å². The largest absolute Gasteiger partial charge is 0.459 e. The van der Waals surface area contributed by atoms with Crippen molar-refractivity contribution in [2.75, 3.05) is 33.2 Å². The number of furan rings is 1. The second kappa shape index (κ2) is 7.53. The summed E-state index contributed by atoms with van der Waals surface area (Å²) in [4.78, 5) is 23.3. The molecule has 0 spiro atoms. The molecule has 1 saturated heterocycles. The van der Waals surface area contributed by atoms with Gasteiger partial charge in [0.25, 0.3) is 5.91 Å². The predicted molar refractivity (Wildman–Crippen MR) is 95.4 cm³/mol. The number of hydrogen-bond acceptors (Lipinski definition) is 4. The van der Waals surface area contributed by atoms with Gasteiger partial charge in [-0.25, -0.2) is 0 Å². The van der Waals surface area contributed by atoms with Gasteiger partial charge in [0, 0.05) is 43.0 Å². The van der Waals surface area contributed by atoms with Crippen molar-refractivity contribution in [2.24, 2.45) is 4.99 Å². The van der Waals surface area contributed by atoms with Gasteiger partial charge in [-0.1, -0.05) is 0 Å². The van der Waals surface area contributed by atoms with Gasteiger partial charge in [0.05, 0.1) is 12.8 Å². The molecule has 0 atom stereocenters. The quantitative estimate of drug-likeness (QED) is 0.684. The molecule has 1 amide bonds. The standard InChI is InChI=1S/C17H22N4O2S/c1-13-5-6-14(24-13)12-19-17(18-2)21-9-7-20(8-10-21)16(22)15-4-3-11-23-15/h3-6,11H,7-10,12H2,1-2H3,(H,18,19). The van der Waals surface area contributed by atoms with E-state index in [4.69, 9.17) is 4.42 Å². The van der Waals surface area contributed by atoms with Gasteiger partial charge in [-0.15, -0.1) is 11.3 Å². The van der Waals surface area contributed by atoms with Gasteiger partial charge in [0.15, 0.2) is 11.7 Å².